The maximum absolute atomic E-state index is 14.4. The van der Waals surface area contributed by atoms with Crippen LogP contribution < -0.4 is 0 Å². The minimum atomic E-state index is -1.11. The molecule has 7 heteroatoms. The Morgan fingerprint density at radius 1 is 1.14 bits per heavy atom. The molecule has 0 bridgehead atoms. The minimum Gasteiger partial charge on any atom is -0.477 e. The summed E-state index contributed by atoms with van der Waals surface area (Å²) < 4.78 is 0. The lowest BCUT2D eigenvalue weighted by molar-refractivity contribution is -0.155. The Hall–Kier alpha value is -3.15. The molecule has 0 aliphatic carbocycles. The lowest BCUT2D eigenvalue weighted by Gasteiger charge is -2.52. The summed E-state index contributed by atoms with van der Waals surface area (Å²) in [5, 5.41) is 10.8. The number of carbonyl (C=O) groups is 2. The molecule has 5 nitrogen and oxygen atoms in total. The highest BCUT2D eigenvalue weighted by atomic mass is 35.5. The highest BCUT2D eigenvalue weighted by Gasteiger charge is 2.51. The topological polar surface area (TPSA) is 70.5 Å². The molecule has 1 aromatic heterocycles. The average Bonchev–Trinajstić information content (AvgIpc) is 2.88. The van der Waals surface area contributed by atoms with Gasteiger partial charge in [0, 0.05) is 16.0 Å². The van der Waals surface area contributed by atoms with Gasteiger partial charge in [-0.2, -0.15) is 0 Å². The average molecular weight is 537 g/mol. The summed E-state index contributed by atoms with van der Waals surface area (Å²) in [5.74, 6) is -1.21. The number of carboxylic acids is 1. The van der Waals surface area contributed by atoms with Crippen molar-refractivity contribution in [1.82, 2.24) is 9.88 Å². The number of aromatic carboxylic acids is 1. The van der Waals surface area contributed by atoms with E-state index in [9.17, 15) is 14.7 Å². The summed E-state index contributed by atoms with van der Waals surface area (Å²) in [4.78, 5) is 32.5. The van der Waals surface area contributed by atoms with Gasteiger partial charge in [0.25, 0.3) is 0 Å². The Labute approximate surface area is 227 Å². The van der Waals surface area contributed by atoms with E-state index in [1.807, 2.05) is 67.3 Å². The van der Waals surface area contributed by atoms with Gasteiger partial charge >= 0.3 is 5.97 Å². The Balaban J connectivity index is 1.96. The van der Waals surface area contributed by atoms with Gasteiger partial charge in [-0.3, -0.25) is 4.79 Å². The van der Waals surface area contributed by atoms with E-state index in [1.165, 1.54) is 6.07 Å². The number of hydrogen-bond acceptors (Lipinski definition) is 3. The van der Waals surface area contributed by atoms with Crippen LogP contribution in [0.15, 0.2) is 79.4 Å². The van der Waals surface area contributed by atoms with Crippen LogP contribution in [-0.2, 0) is 4.79 Å². The van der Waals surface area contributed by atoms with Crippen molar-refractivity contribution in [2.24, 2.45) is 5.41 Å². The first-order valence-corrected chi connectivity index (χ1v) is 13.1. The zero-order valence-electron chi connectivity index (χ0n) is 20.9. The fourth-order valence-corrected chi connectivity index (χ4v) is 5.86. The van der Waals surface area contributed by atoms with E-state index >= 15 is 0 Å². The van der Waals surface area contributed by atoms with E-state index in [0.29, 0.717) is 35.0 Å². The quantitative estimate of drug-likeness (QED) is 0.297. The summed E-state index contributed by atoms with van der Waals surface area (Å²) in [6.45, 7) is 7.89. The van der Waals surface area contributed by atoms with Gasteiger partial charge in [-0.25, -0.2) is 9.78 Å². The standard InChI is InChI=1S/C30H30Cl2N2O3/c1-4-16-30(3)18-23(20-8-6-9-22(32)17-20)27(19-12-14-21(31)15-13-19)34(29(30)37)26(5-2)24-10-7-11-25(33-24)28(35)36/h4,6-15,17,23,26-27H,1,5,16,18H2,2-3H3,(H,35,36)/t23-,26+,27-,30+/m1/s1. The molecule has 2 heterocycles. The Bertz CT molecular complexity index is 1310. The Morgan fingerprint density at radius 3 is 2.46 bits per heavy atom. The van der Waals surface area contributed by atoms with Gasteiger partial charge in [-0.1, -0.05) is 73.5 Å². The molecule has 1 amide bonds. The smallest absolute Gasteiger partial charge is 0.354 e. The number of amides is 1. The first kappa shape index (κ1) is 26.9. The summed E-state index contributed by atoms with van der Waals surface area (Å²) in [7, 11) is 0. The second-order valence-corrected chi connectivity index (χ2v) is 10.7. The van der Waals surface area contributed by atoms with Crippen molar-refractivity contribution in [3.63, 3.8) is 0 Å². The van der Waals surface area contributed by atoms with E-state index in [0.717, 1.165) is 11.1 Å². The van der Waals surface area contributed by atoms with E-state index in [4.69, 9.17) is 23.2 Å². The van der Waals surface area contributed by atoms with Gasteiger partial charge in [-0.15, -0.1) is 6.58 Å². The van der Waals surface area contributed by atoms with Crippen molar-refractivity contribution in [3.05, 3.63) is 112 Å². The fourth-order valence-electron chi connectivity index (χ4n) is 5.54. The molecular weight excluding hydrogens is 507 g/mol. The van der Waals surface area contributed by atoms with Gasteiger partial charge in [0.2, 0.25) is 5.91 Å². The number of nitrogens with zero attached hydrogens (tertiary/aromatic N) is 2. The normalized spacial score (nSPS) is 22.5. The number of pyridine rings is 1. The molecule has 1 N–H and O–H groups in total. The molecule has 1 fully saturated rings. The molecule has 3 aromatic rings. The first-order chi connectivity index (χ1) is 17.7. The lowest BCUT2D eigenvalue weighted by Crippen LogP contribution is -2.53. The Kier molecular flexibility index (Phi) is 8.05. The van der Waals surface area contributed by atoms with Crippen molar-refractivity contribution in [2.75, 3.05) is 0 Å². The third-order valence-electron chi connectivity index (χ3n) is 7.24. The molecule has 1 aliphatic rings. The van der Waals surface area contributed by atoms with Gasteiger partial charge < -0.3 is 10.0 Å². The summed E-state index contributed by atoms with van der Waals surface area (Å²) in [6.07, 6.45) is 3.45. The Morgan fingerprint density at radius 2 is 1.84 bits per heavy atom. The summed E-state index contributed by atoms with van der Waals surface area (Å²) in [5.41, 5.74) is 1.75. The number of carboxylic acid groups (broad SMARTS) is 1. The van der Waals surface area contributed by atoms with Crippen LogP contribution in [0.3, 0.4) is 0 Å². The van der Waals surface area contributed by atoms with Gasteiger partial charge in [0.1, 0.15) is 5.69 Å². The van der Waals surface area contributed by atoms with E-state index in [-0.39, 0.29) is 23.6 Å². The third-order valence-corrected chi connectivity index (χ3v) is 7.73. The van der Waals surface area contributed by atoms with E-state index in [1.54, 1.807) is 18.2 Å². The molecule has 0 spiro atoms. The van der Waals surface area contributed by atoms with Crippen LogP contribution in [0.4, 0.5) is 0 Å². The zero-order chi connectivity index (χ0) is 26.7. The zero-order valence-corrected chi connectivity index (χ0v) is 22.4. The number of halogens is 2. The number of carbonyl (C=O) groups excluding carboxylic acids is 1. The SMILES string of the molecule is C=CC[C@@]1(C)C[C@H](c2cccc(Cl)c2)[C@@H](c2ccc(Cl)cc2)N([C@@H](CC)c2cccc(C(=O)O)n2)C1=O. The number of piperidine rings is 1. The molecule has 2 aromatic carbocycles. The second kappa shape index (κ2) is 11.1. The van der Waals surface area contributed by atoms with Crippen molar-refractivity contribution < 1.29 is 14.7 Å². The van der Waals surface area contributed by atoms with E-state index in [2.05, 4.69) is 11.6 Å². The maximum atomic E-state index is 14.4. The lowest BCUT2D eigenvalue weighted by atomic mass is 9.67. The van der Waals surface area contributed by atoms with Gasteiger partial charge in [-0.05, 0) is 66.8 Å². The van der Waals surface area contributed by atoms with Gasteiger partial charge in [0.05, 0.1) is 23.2 Å². The fraction of sp³-hybridized carbons (Fsp3) is 0.300. The van der Waals surface area contributed by atoms with Crippen molar-refractivity contribution >= 4 is 35.1 Å². The molecule has 1 aliphatic heterocycles. The van der Waals surface area contributed by atoms with Crippen LogP contribution in [-0.4, -0.2) is 26.9 Å². The number of likely N-dealkylation sites (tertiary alicyclic amines) is 1. The van der Waals surface area contributed by atoms with Crippen LogP contribution >= 0.6 is 23.2 Å². The number of aromatic nitrogens is 1. The predicted octanol–water partition coefficient (Wildman–Crippen LogP) is 7.88. The van der Waals surface area contributed by atoms with E-state index < -0.39 is 17.4 Å². The first-order valence-electron chi connectivity index (χ1n) is 12.3. The molecule has 1 saturated heterocycles. The van der Waals surface area contributed by atoms with Crippen LogP contribution in [0, 0.1) is 5.41 Å². The number of hydrogen-bond donors (Lipinski definition) is 1. The molecule has 37 heavy (non-hydrogen) atoms. The minimum absolute atomic E-state index is 0.0139. The summed E-state index contributed by atoms with van der Waals surface area (Å²) >= 11 is 12.7. The molecule has 0 radical (unpaired) electrons. The molecule has 4 rings (SSSR count). The second-order valence-electron chi connectivity index (χ2n) is 9.80. The molecule has 4 atom stereocenters. The third kappa shape index (κ3) is 5.43. The highest BCUT2D eigenvalue weighted by molar-refractivity contribution is 6.30. The van der Waals surface area contributed by atoms with Crippen LogP contribution in [0.25, 0.3) is 0 Å². The van der Waals surface area contributed by atoms with Crippen LogP contribution in [0.1, 0.15) is 78.4 Å². The molecular formula is C30H30Cl2N2O3. The van der Waals surface area contributed by atoms with Crippen LogP contribution in [0.2, 0.25) is 10.0 Å². The monoisotopic (exact) mass is 536 g/mol. The van der Waals surface area contributed by atoms with Gasteiger partial charge in [0.15, 0.2) is 0 Å². The summed E-state index contributed by atoms with van der Waals surface area (Å²) in [6, 6.07) is 19.5. The van der Waals surface area contributed by atoms with Crippen molar-refractivity contribution in [1.29, 1.82) is 0 Å². The maximum Gasteiger partial charge on any atom is 0.354 e. The highest BCUT2D eigenvalue weighted by Crippen LogP contribution is 2.54. The predicted molar refractivity (Wildman–Crippen MR) is 147 cm³/mol. The molecule has 0 saturated carbocycles. The molecule has 0 unspecified atom stereocenters. The van der Waals surface area contributed by atoms with Crippen LogP contribution in [0.5, 0.6) is 0 Å². The number of rotatable bonds is 8. The largest absolute Gasteiger partial charge is 0.477 e. The van der Waals surface area contributed by atoms with Crippen molar-refractivity contribution in [2.45, 2.75) is 51.1 Å². The number of benzene rings is 2. The molecule has 192 valence electrons. The number of allylic oxidation sites excluding steroid dienone is 1. The van der Waals surface area contributed by atoms with Crippen molar-refractivity contribution in [3.8, 4) is 0 Å².